The Kier molecular flexibility index (Phi) is 6.31. The Morgan fingerprint density at radius 2 is 1.69 bits per heavy atom. The third kappa shape index (κ3) is 4.74. The van der Waals surface area contributed by atoms with E-state index in [4.69, 9.17) is 4.74 Å². The molecule has 0 saturated carbocycles. The third-order valence-electron chi connectivity index (χ3n) is 6.20. The number of ether oxygens (including phenoxy) is 1. The topological polar surface area (TPSA) is 122 Å². The number of fused-ring (bicyclic) bond motifs is 1. The van der Waals surface area contributed by atoms with Crippen molar-refractivity contribution in [3.8, 4) is 5.88 Å². The van der Waals surface area contributed by atoms with Crippen LogP contribution in [0.15, 0.2) is 77.6 Å². The number of nitro benzene ring substituents is 1. The number of benzene rings is 3. The Balaban J connectivity index is 1.22. The minimum atomic E-state index is -0.418. The highest BCUT2D eigenvalue weighted by atomic mass is 16.6. The lowest BCUT2D eigenvalue weighted by molar-refractivity contribution is -0.384. The van der Waals surface area contributed by atoms with E-state index in [0.717, 1.165) is 11.3 Å². The predicted octanol–water partition coefficient (Wildman–Crippen LogP) is 3.37. The maximum Gasteiger partial charge on any atom is 0.272 e. The first-order chi connectivity index (χ1) is 17.5. The van der Waals surface area contributed by atoms with Crippen LogP contribution in [0.3, 0.4) is 0 Å². The van der Waals surface area contributed by atoms with Crippen molar-refractivity contribution >= 4 is 28.1 Å². The Labute approximate surface area is 205 Å². The van der Waals surface area contributed by atoms with Gasteiger partial charge in [-0.2, -0.15) is 0 Å². The van der Waals surface area contributed by atoms with Crippen LogP contribution in [0.5, 0.6) is 5.88 Å². The van der Waals surface area contributed by atoms with Crippen LogP contribution in [-0.2, 0) is 6.61 Å². The van der Waals surface area contributed by atoms with E-state index in [9.17, 15) is 19.7 Å². The molecule has 0 atom stereocenters. The average Bonchev–Trinajstić information content (AvgIpc) is 2.93. The molecule has 2 heterocycles. The smallest absolute Gasteiger partial charge is 0.272 e. The number of hydrogen-bond donors (Lipinski definition) is 1. The van der Waals surface area contributed by atoms with E-state index in [2.05, 4.69) is 15.1 Å². The Morgan fingerprint density at radius 1 is 0.972 bits per heavy atom. The van der Waals surface area contributed by atoms with Crippen LogP contribution in [-0.4, -0.2) is 52.1 Å². The van der Waals surface area contributed by atoms with Gasteiger partial charge in [0.05, 0.1) is 15.7 Å². The summed E-state index contributed by atoms with van der Waals surface area (Å²) in [6.07, 6.45) is 0. The number of piperazine rings is 1. The van der Waals surface area contributed by atoms with Crippen molar-refractivity contribution in [2.45, 2.75) is 6.61 Å². The maximum atomic E-state index is 13.1. The van der Waals surface area contributed by atoms with Crippen molar-refractivity contribution < 1.29 is 14.5 Å². The molecule has 0 bridgehead atoms. The van der Waals surface area contributed by atoms with Crippen LogP contribution >= 0.6 is 0 Å². The van der Waals surface area contributed by atoms with Crippen molar-refractivity contribution in [3.05, 3.63) is 104 Å². The Morgan fingerprint density at radius 3 is 2.42 bits per heavy atom. The number of H-pyrrole nitrogens is 1. The van der Waals surface area contributed by atoms with Gasteiger partial charge in [0, 0.05) is 49.6 Å². The fourth-order valence-electron chi connectivity index (χ4n) is 4.28. The summed E-state index contributed by atoms with van der Waals surface area (Å²) in [5, 5.41) is 18.5. The zero-order valence-corrected chi connectivity index (χ0v) is 19.3. The Hall–Kier alpha value is -4.73. The van der Waals surface area contributed by atoms with E-state index in [1.54, 1.807) is 47.4 Å². The molecule has 1 aliphatic rings. The molecule has 0 spiro atoms. The second-order valence-electron chi connectivity index (χ2n) is 8.45. The molecular formula is C26H23N5O5. The van der Waals surface area contributed by atoms with Crippen LogP contribution in [0.1, 0.15) is 15.9 Å². The van der Waals surface area contributed by atoms with E-state index < -0.39 is 4.92 Å². The number of rotatable bonds is 6. The fraction of sp³-hybridized carbons (Fsp3) is 0.192. The molecule has 4 aromatic rings. The van der Waals surface area contributed by atoms with Crippen LogP contribution < -0.4 is 15.2 Å². The van der Waals surface area contributed by atoms with E-state index in [1.807, 2.05) is 18.2 Å². The van der Waals surface area contributed by atoms with Gasteiger partial charge < -0.3 is 14.5 Å². The van der Waals surface area contributed by atoms with Crippen molar-refractivity contribution in [1.82, 2.24) is 15.1 Å². The second kappa shape index (κ2) is 9.87. The van der Waals surface area contributed by atoms with Crippen molar-refractivity contribution in [1.29, 1.82) is 0 Å². The molecule has 10 heteroatoms. The normalized spacial score (nSPS) is 13.6. The molecule has 1 aliphatic heterocycles. The average molecular weight is 486 g/mol. The largest absolute Gasteiger partial charge is 0.471 e. The number of nitro groups is 1. The quantitative estimate of drug-likeness (QED) is 0.328. The van der Waals surface area contributed by atoms with Gasteiger partial charge in [-0.05, 0) is 42.0 Å². The number of nitrogens with one attached hydrogen (secondary N) is 1. The molecular weight excluding hydrogens is 462 g/mol. The summed E-state index contributed by atoms with van der Waals surface area (Å²) >= 11 is 0. The summed E-state index contributed by atoms with van der Waals surface area (Å²) in [5.41, 5.74) is 2.05. The van der Waals surface area contributed by atoms with Gasteiger partial charge in [-0.3, -0.25) is 19.7 Å². The van der Waals surface area contributed by atoms with Crippen LogP contribution in [0.25, 0.3) is 10.8 Å². The molecule has 1 amide bonds. The number of aromatic nitrogens is 2. The molecule has 1 aromatic heterocycles. The maximum absolute atomic E-state index is 13.1. The van der Waals surface area contributed by atoms with Gasteiger partial charge >= 0.3 is 0 Å². The summed E-state index contributed by atoms with van der Waals surface area (Å²) in [6, 6.07) is 20.8. The molecule has 36 heavy (non-hydrogen) atoms. The van der Waals surface area contributed by atoms with Crippen molar-refractivity contribution in [3.63, 3.8) is 0 Å². The number of carbonyl (C=O) groups excluding carboxylic acids is 1. The standard InChI is InChI=1S/C26H23N5O5/c32-24-22-6-1-2-7-23(22)25(28-27-24)36-17-18-4-3-5-19(16-18)26(33)30-14-12-29(13-15-30)20-8-10-21(11-9-20)31(34)35/h1-11,16H,12-15,17H2,(H,27,32). The molecule has 0 radical (unpaired) electrons. The molecule has 5 rings (SSSR count). The van der Waals surface area contributed by atoms with Gasteiger partial charge in [0.2, 0.25) is 5.88 Å². The van der Waals surface area contributed by atoms with Crippen molar-refractivity contribution in [2.24, 2.45) is 0 Å². The lowest BCUT2D eigenvalue weighted by Crippen LogP contribution is -2.48. The summed E-state index contributed by atoms with van der Waals surface area (Å²) in [4.78, 5) is 39.5. The molecule has 0 aliphatic carbocycles. The van der Waals surface area contributed by atoms with Gasteiger partial charge in [-0.15, -0.1) is 5.10 Å². The van der Waals surface area contributed by atoms with Crippen LogP contribution in [0.4, 0.5) is 11.4 Å². The number of carbonyl (C=O) groups is 1. The SMILES string of the molecule is O=C(c1cccc(COc2n[nH]c(=O)c3ccccc23)c1)N1CCN(c2ccc([N+](=O)[O-])cc2)CC1. The molecule has 1 fully saturated rings. The van der Waals surface area contributed by atoms with E-state index in [0.29, 0.717) is 48.4 Å². The second-order valence-corrected chi connectivity index (χ2v) is 8.45. The van der Waals surface area contributed by atoms with Gasteiger partial charge in [0.15, 0.2) is 0 Å². The summed E-state index contributed by atoms with van der Waals surface area (Å²) in [7, 11) is 0. The number of nitrogens with zero attached hydrogens (tertiary/aromatic N) is 4. The first kappa shape index (κ1) is 23.0. The fourth-order valence-corrected chi connectivity index (χ4v) is 4.28. The highest BCUT2D eigenvalue weighted by Crippen LogP contribution is 2.22. The number of anilines is 1. The van der Waals surface area contributed by atoms with E-state index >= 15 is 0 Å². The molecule has 3 aromatic carbocycles. The lowest BCUT2D eigenvalue weighted by atomic mass is 10.1. The zero-order valence-electron chi connectivity index (χ0n) is 19.3. The number of non-ortho nitro benzene ring substituents is 1. The monoisotopic (exact) mass is 485 g/mol. The number of aromatic amines is 1. The first-order valence-electron chi connectivity index (χ1n) is 11.5. The zero-order chi connectivity index (χ0) is 25.1. The number of hydrogen-bond acceptors (Lipinski definition) is 7. The van der Waals surface area contributed by atoms with Crippen LogP contribution in [0.2, 0.25) is 0 Å². The first-order valence-corrected chi connectivity index (χ1v) is 11.5. The van der Waals surface area contributed by atoms with Gasteiger partial charge in [0.1, 0.15) is 6.61 Å². The van der Waals surface area contributed by atoms with Crippen LogP contribution in [0, 0.1) is 10.1 Å². The van der Waals surface area contributed by atoms with Gasteiger partial charge in [0.25, 0.3) is 17.2 Å². The minimum absolute atomic E-state index is 0.0564. The molecule has 0 unspecified atom stereocenters. The molecule has 182 valence electrons. The number of amides is 1. The highest BCUT2D eigenvalue weighted by Gasteiger charge is 2.23. The highest BCUT2D eigenvalue weighted by molar-refractivity contribution is 5.94. The summed E-state index contributed by atoms with van der Waals surface area (Å²) in [6.45, 7) is 2.56. The Bertz CT molecular complexity index is 1480. The molecule has 1 N–H and O–H groups in total. The van der Waals surface area contributed by atoms with Gasteiger partial charge in [-0.25, -0.2) is 5.10 Å². The molecule has 1 saturated heterocycles. The van der Waals surface area contributed by atoms with Crippen molar-refractivity contribution in [2.75, 3.05) is 31.1 Å². The summed E-state index contributed by atoms with van der Waals surface area (Å²) in [5.74, 6) is 0.261. The van der Waals surface area contributed by atoms with Gasteiger partial charge in [-0.1, -0.05) is 24.3 Å². The molecule has 10 nitrogen and oxygen atoms in total. The van der Waals surface area contributed by atoms with E-state index in [-0.39, 0.29) is 23.8 Å². The minimum Gasteiger partial charge on any atom is -0.471 e. The lowest BCUT2D eigenvalue weighted by Gasteiger charge is -2.36. The summed E-state index contributed by atoms with van der Waals surface area (Å²) < 4.78 is 5.87. The third-order valence-corrected chi connectivity index (χ3v) is 6.20. The predicted molar refractivity (Wildman–Crippen MR) is 134 cm³/mol. The van der Waals surface area contributed by atoms with E-state index in [1.165, 1.54) is 12.1 Å².